The van der Waals surface area contributed by atoms with Crippen molar-refractivity contribution >= 4 is 6.29 Å². The Morgan fingerprint density at radius 1 is 1.20 bits per heavy atom. The van der Waals surface area contributed by atoms with Gasteiger partial charge in [0.05, 0.1) is 12.7 Å². The molecule has 2 aromatic carbocycles. The van der Waals surface area contributed by atoms with Crippen LogP contribution in [-0.4, -0.2) is 13.4 Å². The lowest BCUT2D eigenvalue weighted by molar-refractivity contribution is 0.112. The number of ether oxygens (including phenoxy) is 1. The zero-order valence-corrected chi connectivity index (χ0v) is 11.2. The summed E-state index contributed by atoms with van der Waals surface area (Å²) >= 11 is 0. The summed E-state index contributed by atoms with van der Waals surface area (Å²) in [6.45, 7) is 0. The van der Waals surface area contributed by atoms with E-state index < -0.39 is 0 Å². The second-order valence-corrected chi connectivity index (χ2v) is 5.08. The summed E-state index contributed by atoms with van der Waals surface area (Å²) in [4.78, 5) is 11.2. The Labute approximate surface area is 117 Å². The number of carbonyl (C=O) groups is 1. The lowest BCUT2D eigenvalue weighted by Crippen LogP contribution is -1.96. The van der Waals surface area contributed by atoms with Crippen LogP contribution in [0.1, 0.15) is 34.7 Å². The number of rotatable bonds is 4. The molecule has 20 heavy (non-hydrogen) atoms. The van der Waals surface area contributed by atoms with E-state index in [9.17, 15) is 9.18 Å². The molecule has 0 spiro atoms. The van der Waals surface area contributed by atoms with Crippen molar-refractivity contribution in [3.05, 3.63) is 53.3 Å². The van der Waals surface area contributed by atoms with Gasteiger partial charge in [0.15, 0.2) is 6.29 Å². The van der Waals surface area contributed by atoms with Crippen LogP contribution in [0.4, 0.5) is 4.39 Å². The molecule has 0 atom stereocenters. The van der Waals surface area contributed by atoms with E-state index in [1.807, 2.05) is 12.1 Å². The molecule has 0 bridgehead atoms. The molecule has 1 aliphatic carbocycles. The van der Waals surface area contributed by atoms with Crippen molar-refractivity contribution in [1.29, 1.82) is 0 Å². The normalized spacial score (nSPS) is 14.1. The van der Waals surface area contributed by atoms with E-state index in [2.05, 4.69) is 0 Å². The lowest BCUT2D eigenvalue weighted by Gasteiger charge is -2.13. The molecule has 102 valence electrons. The van der Waals surface area contributed by atoms with Crippen molar-refractivity contribution < 1.29 is 13.9 Å². The maximum Gasteiger partial charge on any atom is 0.153 e. The predicted molar refractivity (Wildman–Crippen MR) is 75.8 cm³/mol. The lowest BCUT2D eigenvalue weighted by atomic mass is 9.94. The van der Waals surface area contributed by atoms with Crippen LogP contribution in [0.25, 0.3) is 11.1 Å². The number of aldehydes is 1. The van der Waals surface area contributed by atoms with E-state index in [1.54, 1.807) is 19.2 Å². The van der Waals surface area contributed by atoms with Crippen LogP contribution in [0, 0.1) is 5.82 Å². The average molecular weight is 270 g/mol. The van der Waals surface area contributed by atoms with Crippen LogP contribution in [0.2, 0.25) is 0 Å². The van der Waals surface area contributed by atoms with Crippen molar-refractivity contribution in [2.24, 2.45) is 0 Å². The third-order valence-electron chi connectivity index (χ3n) is 3.70. The molecule has 0 aromatic heterocycles. The van der Waals surface area contributed by atoms with Crippen LogP contribution >= 0.6 is 0 Å². The quantitative estimate of drug-likeness (QED) is 0.779. The smallest absolute Gasteiger partial charge is 0.153 e. The van der Waals surface area contributed by atoms with E-state index in [-0.39, 0.29) is 5.82 Å². The third kappa shape index (κ3) is 2.31. The molecule has 1 saturated carbocycles. The molecule has 3 rings (SSSR count). The first-order chi connectivity index (χ1) is 9.72. The Kier molecular flexibility index (Phi) is 3.26. The third-order valence-corrected chi connectivity index (χ3v) is 3.70. The van der Waals surface area contributed by atoms with Crippen molar-refractivity contribution in [3.8, 4) is 16.9 Å². The van der Waals surface area contributed by atoms with Crippen LogP contribution in [0.15, 0.2) is 36.4 Å². The summed E-state index contributed by atoms with van der Waals surface area (Å²) in [5.74, 6) is 0.864. The van der Waals surface area contributed by atoms with Gasteiger partial charge in [-0.1, -0.05) is 12.1 Å². The number of hydrogen-bond acceptors (Lipinski definition) is 2. The predicted octanol–water partition coefficient (Wildman–Crippen LogP) is 4.19. The van der Waals surface area contributed by atoms with E-state index >= 15 is 0 Å². The van der Waals surface area contributed by atoms with Gasteiger partial charge in [0.1, 0.15) is 11.6 Å². The van der Waals surface area contributed by atoms with Gasteiger partial charge in [-0.15, -0.1) is 0 Å². The van der Waals surface area contributed by atoms with E-state index in [1.165, 1.54) is 17.7 Å². The van der Waals surface area contributed by atoms with Crippen molar-refractivity contribution in [3.63, 3.8) is 0 Å². The van der Waals surface area contributed by atoms with E-state index in [0.29, 0.717) is 17.2 Å². The van der Waals surface area contributed by atoms with Gasteiger partial charge in [0, 0.05) is 0 Å². The van der Waals surface area contributed by atoms with Gasteiger partial charge in [0.2, 0.25) is 0 Å². The summed E-state index contributed by atoms with van der Waals surface area (Å²) in [6.07, 6.45) is 3.10. The van der Waals surface area contributed by atoms with Crippen LogP contribution in [-0.2, 0) is 0 Å². The fraction of sp³-hybridized carbons (Fsp3) is 0.235. The second kappa shape index (κ2) is 5.08. The summed E-state index contributed by atoms with van der Waals surface area (Å²) in [5, 5.41) is 0. The maximum absolute atomic E-state index is 13.1. The fourth-order valence-corrected chi connectivity index (χ4v) is 2.49. The highest BCUT2D eigenvalue weighted by molar-refractivity contribution is 5.84. The largest absolute Gasteiger partial charge is 0.496 e. The summed E-state index contributed by atoms with van der Waals surface area (Å²) < 4.78 is 18.3. The molecule has 3 heteroatoms. The van der Waals surface area contributed by atoms with E-state index in [0.717, 1.165) is 30.3 Å². The molecular weight excluding hydrogens is 255 g/mol. The van der Waals surface area contributed by atoms with Crippen LogP contribution < -0.4 is 4.74 Å². The topological polar surface area (TPSA) is 26.3 Å². The Morgan fingerprint density at radius 2 is 1.90 bits per heavy atom. The van der Waals surface area contributed by atoms with Gasteiger partial charge in [-0.2, -0.15) is 0 Å². The summed E-state index contributed by atoms with van der Waals surface area (Å²) in [5.41, 5.74) is 3.63. The van der Waals surface area contributed by atoms with Gasteiger partial charge in [0.25, 0.3) is 0 Å². The van der Waals surface area contributed by atoms with Gasteiger partial charge >= 0.3 is 0 Å². The molecule has 0 heterocycles. The molecule has 0 N–H and O–H groups in total. The van der Waals surface area contributed by atoms with Crippen molar-refractivity contribution in [2.45, 2.75) is 18.8 Å². The average Bonchev–Trinajstić information content (AvgIpc) is 3.31. The molecule has 0 saturated heterocycles. The van der Waals surface area contributed by atoms with Crippen molar-refractivity contribution in [2.75, 3.05) is 7.11 Å². The molecule has 1 fully saturated rings. The molecule has 0 unspecified atom stereocenters. The Bertz CT molecular complexity index is 643. The maximum atomic E-state index is 13.1. The van der Waals surface area contributed by atoms with Crippen molar-refractivity contribution in [1.82, 2.24) is 0 Å². The first-order valence-corrected chi connectivity index (χ1v) is 6.66. The molecule has 2 nitrogen and oxygen atoms in total. The van der Waals surface area contributed by atoms with Gasteiger partial charge in [-0.25, -0.2) is 4.39 Å². The number of benzene rings is 2. The van der Waals surface area contributed by atoms with Crippen LogP contribution in [0.3, 0.4) is 0 Å². The first-order valence-electron chi connectivity index (χ1n) is 6.66. The highest BCUT2D eigenvalue weighted by Crippen LogP contribution is 2.46. The number of methoxy groups -OCH3 is 1. The minimum atomic E-state index is -0.258. The second-order valence-electron chi connectivity index (χ2n) is 5.08. The fourth-order valence-electron chi connectivity index (χ4n) is 2.49. The molecule has 0 amide bonds. The summed E-state index contributed by atoms with van der Waals surface area (Å²) in [6, 6.07) is 10.2. The first kappa shape index (κ1) is 12.9. The molecule has 2 aromatic rings. The zero-order chi connectivity index (χ0) is 14.1. The molecule has 0 radical (unpaired) electrons. The zero-order valence-electron chi connectivity index (χ0n) is 11.2. The molecular formula is C17H15FO2. The Morgan fingerprint density at radius 3 is 2.45 bits per heavy atom. The number of hydrogen-bond donors (Lipinski definition) is 0. The van der Waals surface area contributed by atoms with Crippen LogP contribution in [0.5, 0.6) is 5.75 Å². The van der Waals surface area contributed by atoms with Gasteiger partial charge < -0.3 is 4.74 Å². The molecule has 0 aliphatic heterocycles. The standard InChI is InChI=1S/C17H15FO2/c1-20-17-9-16(11-2-3-11)15(8-13(17)10-19)12-4-6-14(18)7-5-12/h4-11H,2-3H2,1H3. The monoisotopic (exact) mass is 270 g/mol. The number of halogens is 1. The minimum absolute atomic E-state index is 0.258. The molecule has 1 aliphatic rings. The Hall–Kier alpha value is -2.16. The SMILES string of the molecule is COc1cc(C2CC2)c(-c2ccc(F)cc2)cc1C=O. The summed E-state index contributed by atoms with van der Waals surface area (Å²) in [7, 11) is 1.57. The van der Waals surface area contributed by atoms with E-state index in [4.69, 9.17) is 4.74 Å². The van der Waals surface area contributed by atoms with Gasteiger partial charge in [-0.05, 0) is 59.7 Å². The minimum Gasteiger partial charge on any atom is -0.496 e. The van der Waals surface area contributed by atoms with Gasteiger partial charge in [-0.3, -0.25) is 4.79 Å². The highest BCUT2D eigenvalue weighted by atomic mass is 19.1. The number of carbonyl (C=O) groups excluding carboxylic acids is 1. The highest BCUT2D eigenvalue weighted by Gasteiger charge is 2.27. The Balaban J connectivity index is 2.16.